The number of halogens is 1. The monoisotopic (exact) mass is 260 g/mol. The van der Waals surface area contributed by atoms with Crippen molar-refractivity contribution in [1.82, 2.24) is 5.32 Å². The van der Waals surface area contributed by atoms with Crippen LogP contribution in [-0.4, -0.2) is 18.5 Å². The second kappa shape index (κ2) is 5.85. The molecule has 19 heavy (non-hydrogen) atoms. The maximum atomic E-state index is 13.3. The Morgan fingerprint density at radius 1 is 1.58 bits per heavy atom. The van der Waals surface area contributed by atoms with E-state index in [0.29, 0.717) is 11.5 Å². The van der Waals surface area contributed by atoms with Crippen LogP contribution in [0.3, 0.4) is 0 Å². The number of nitrogens with two attached hydrogens (primary N) is 1. The first-order valence-corrected chi connectivity index (χ1v) is 6.45. The molecule has 3 N–H and O–H groups in total. The van der Waals surface area contributed by atoms with Crippen LogP contribution >= 0.6 is 0 Å². The third-order valence-electron chi connectivity index (χ3n) is 3.31. The molecule has 0 aromatic heterocycles. The molecule has 2 atom stereocenters. The van der Waals surface area contributed by atoms with Crippen LogP contribution in [0.2, 0.25) is 0 Å². The second-order valence-electron chi connectivity index (χ2n) is 4.68. The molecule has 100 valence electrons. The summed E-state index contributed by atoms with van der Waals surface area (Å²) in [6.45, 7) is 2.30. The summed E-state index contributed by atoms with van der Waals surface area (Å²) in [5, 5.41) is 2.91. The van der Waals surface area contributed by atoms with Crippen LogP contribution in [-0.2, 0) is 0 Å². The van der Waals surface area contributed by atoms with Gasteiger partial charge in [0.25, 0.3) is 5.91 Å². The number of hydrogen-bond donors (Lipinski definition) is 2. The van der Waals surface area contributed by atoms with E-state index >= 15 is 0 Å². The van der Waals surface area contributed by atoms with Crippen molar-refractivity contribution in [2.24, 2.45) is 11.7 Å². The van der Waals surface area contributed by atoms with Crippen molar-refractivity contribution in [3.05, 3.63) is 35.1 Å². The highest BCUT2D eigenvalue weighted by Gasteiger charge is 2.36. The molecule has 0 radical (unpaired) electrons. The minimum atomic E-state index is -0.439. The van der Waals surface area contributed by atoms with Crippen LogP contribution in [0, 0.1) is 23.6 Å². The minimum absolute atomic E-state index is 0.207. The first kappa shape index (κ1) is 13.6. The Labute approximate surface area is 112 Å². The zero-order chi connectivity index (χ0) is 13.8. The fourth-order valence-corrected chi connectivity index (χ4v) is 2.08. The van der Waals surface area contributed by atoms with Gasteiger partial charge in [-0.05, 0) is 30.5 Å². The van der Waals surface area contributed by atoms with Gasteiger partial charge < -0.3 is 11.1 Å². The van der Waals surface area contributed by atoms with Gasteiger partial charge in [0.05, 0.1) is 12.1 Å². The van der Waals surface area contributed by atoms with Gasteiger partial charge in [0, 0.05) is 11.6 Å². The van der Waals surface area contributed by atoms with Crippen LogP contribution in [0.4, 0.5) is 4.39 Å². The molecule has 0 bridgehead atoms. The lowest BCUT2D eigenvalue weighted by Gasteiger charge is -2.06. The molecule has 1 saturated carbocycles. The Balaban J connectivity index is 2.17. The highest BCUT2D eigenvalue weighted by molar-refractivity contribution is 5.97. The zero-order valence-corrected chi connectivity index (χ0v) is 10.9. The summed E-state index contributed by atoms with van der Waals surface area (Å²) < 4.78 is 13.3. The number of nitrogens with one attached hydrogen (secondary N) is 1. The molecule has 2 unspecified atom stereocenters. The van der Waals surface area contributed by atoms with Gasteiger partial charge in [-0.25, -0.2) is 4.39 Å². The molecule has 0 saturated heterocycles. The standard InChI is InChI=1S/C15H17FN2O/c1-2-10-8-14(10)18-15(19)13-9-12(16)6-5-11(13)4-3-7-17/h5-6,9-10,14H,2,7-8,17H2,1H3,(H,18,19). The fourth-order valence-electron chi connectivity index (χ4n) is 2.08. The quantitative estimate of drug-likeness (QED) is 0.812. The summed E-state index contributed by atoms with van der Waals surface area (Å²) in [5.41, 5.74) is 6.10. The summed E-state index contributed by atoms with van der Waals surface area (Å²) in [4.78, 5) is 12.1. The average molecular weight is 260 g/mol. The van der Waals surface area contributed by atoms with Crippen LogP contribution in [0.25, 0.3) is 0 Å². The van der Waals surface area contributed by atoms with Gasteiger partial charge in [-0.1, -0.05) is 25.2 Å². The molecule has 1 aromatic carbocycles. The van der Waals surface area contributed by atoms with E-state index in [1.165, 1.54) is 18.2 Å². The number of carbonyl (C=O) groups excluding carboxylic acids is 1. The average Bonchev–Trinajstić information content (AvgIpc) is 3.15. The SMILES string of the molecule is CCC1CC1NC(=O)c1cc(F)ccc1C#CCN. The predicted octanol–water partition coefficient (Wildman–Crippen LogP) is 1.66. The Hall–Kier alpha value is -1.86. The van der Waals surface area contributed by atoms with Crippen molar-refractivity contribution in [2.45, 2.75) is 25.8 Å². The third-order valence-corrected chi connectivity index (χ3v) is 3.31. The molecule has 2 rings (SSSR count). The molecule has 1 aliphatic rings. The molecule has 1 aromatic rings. The summed E-state index contributed by atoms with van der Waals surface area (Å²) in [6.07, 6.45) is 2.05. The number of carbonyl (C=O) groups is 1. The van der Waals surface area contributed by atoms with Gasteiger partial charge in [-0.15, -0.1) is 0 Å². The zero-order valence-electron chi connectivity index (χ0n) is 10.9. The normalized spacial score (nSPS) is 20.4. The molecular formula is C15H17FN2O. The van der Waals surface area contributed by atoms with E-state index in [9.17, 15) is 9.18 Å². The van der Waals surface area contributed by atoms with Crippen LogP contribution < -0.4 is 11.1 Å². The molecule has 0 heterocycles. The lowest BCUT2D eigenvalue weighted by atomic mass is 10.1. The predicted molar refractivity (Wildman–Crippen MR) is 72.0 cm³/mol. The van der Waals surface area contributed by atoms with E-state index < -0.39 is 5.82 Å². The maximum Gasteiger partial charge on any atom is 0.252 e. The molecule has 0 aliphatic heterocycles. The summed E-state index contributed by atoms with van der Waals surface area (Å²) in [7, 11) is 0. The van der Waals surface area contributed by atoms with E-state index in [2.05, 4.69) is 24.1 Å². The lowest BCUT2D eigenvalue weighted by molar-refractivity contribution is 0.0948. The lowest BCUT2D eigenvalue weighted by Crippen LogP contribution is -2.27. The molecule has 3 nitrogen and oxygen atoms in total. The van der Waals surface area contributed by atoms with Crippen molar-refractivity contribution in [2.75, 3.05) is 6.54 Å². The van der Waals surface area contributed by atoms with Crippen molar-refractivity contribution >= 4 is 5.91 Å². The molecule has 4 heteroatoms. The van der Waals surface area contributed by atoms with Crippen molar-refractivity contribution in [1.29, 1.82) is 0 Å². The van der Waals surface area contributed by atoms with E-state index in [1.807, 2.05) is 0 Å². The number of rotatable bonds is 3. The Morgan fingerprint density at radius 3 is 3.00 bits per heavy atom. The molecule has 0 spiro atoms. The van der Waals surface area contributed by atoms with Crippen molar-refractivity contribution in [3.8, 4) is 11.8 Å². The number of benzene rings is 1. The van der Waals surface area contributed by atoms with Gasteiger partial charge in [0.1, 0.15) is 5.82 Å². The second-order valence-corrected chi connectivity index (χ2v) is 4.68. The van der Waals surface area contributed by atoms with Gasteiger partial charge in [0.2, 0.25) is 0 Å². The topological polar surface area (TPSA) is 55.1 Å². The molecule has 1 fully saturated rings. The van der Waals surface area contributed by atoms with Gasteiger partial charge in [-0.2, -0.15) is 0 Å². The number of amides is 1. The summed E-state index contributed by atoms with van der Waals surface area (Å²) >= 11 is 0. The van der Waals surface area contributed by atoms with Crippen LogP contribution in [0.1, 0.15) is 35.7 Å². The van der Waals surface area contributed by atoms with E-state index in [-0.39, 0.29) is 24.1 Å². The van der Waals surface area contributed by atoms with Crippen LogP contribution in [0.15, 0.2) is 18.2 Å². The molecular weight excluding hydrogens is 243 g/mol. The van der Waals surface area contributed by atoms with Crippen LogP contribution in [0.5, 0.6) is 0 Å². The van der Waals surface area contributed by atoms with Crippen molar-refractivity contribution < 1.29 is 9.18 Å². The van der Waals surface area contributed by atoms with Gasteiger partial charge in [-0.3, -0.25) is 4.79 Å². The smallest absolute Gasteiger partial charge is 0.252 e. The fraction of sp³-hybridized carbons (Fsp3) is 0.400. The first-order valence-electron chi connectivity index (χ1n) is 6.45. The summed E-state index contributed by atoms with van der Waals surface area (Å²) in [6, 6.07) is 4.25. The minimum Gasteiger partial charge on any atom is -0.349 e. The van der Waals surface area contributed by atoms with E-state index in [4.69, 9.17) is 5.73 Å². The Bertz CT molecular complexity index is 545. The van der Waals surface area contributed by atoms with Gasteiger partial charge in [0.15, 0.2) is 0 Å². The third kappa shape index (κ3) is 3.33. The largest absolute Gasteiger partial charge is 0.349 e. The van der Waals surface area contributed by atoms with E-state index in [1.54, 1.807) is 0 Å². The number of hydrogen-bond acceptors (Lipinski definition) is 2. The first-order chi connectivity index (χ1) is 9.15. The molecule has 1 amide bonds. The highest BCUT2D eigenvalue weighted by atomic mass is 19.1. The molecule has 1 aliphatic carbocycles. The Kier molecular flexibility index (Phi) is 4.18. The highest BCUT2D eigenvalue weighted by Crippen LogP contribution is 2.33. The van der Waals surface area contributed by atoms with E-state index in [0.717, 1.165) is 12.8 Å². The van der Waals surface area contributed by atoms with Gasteiger partial charge >= 0.3 is 0 Å². The Morgan fingerprint density at radius 2 is 2.37 bits per heavy atom. The maximum absolute atomic E-state index is 13.3. The van der Waals surface area contributed by atoms with Crippen molar-refractivity contribution in [3.63, 3.8) is 0 Å². The summed E-state index contributed by atoms with van der Waals surface area (Å²) in [5.74, 6) is 5.33.